The Morgan fingerprint density at radius 2 is 1.81 bits per heavy atom. The molecule has 2 saturated carbocycles. The highest BCUT2D eigenvalue weighted by Gasteiger charge is 2.63. The van der Waals surface area contributed by atoms with Gasteiger partial charge in [0.15, 0.2) is 5.60 Å². The van der Waals surface area contributed by atoms with Gasteiger partial charge in [-0.1, -0.05) is 30.4 Å². The Balaban J connectivity index is 1.24. The van der Waals surface area contributed by atoms with Crippen LogP contribution in [-0.4, -0.2) is 107 Å². The van der Waals surface area contributed by atoms with Crippen molar-refractivity contribution in [2.45, 2.75) is 145 Å². The number of nitrogens with zero attached hydrogens (tertiary/aromatic N) is 2. The quantitative estimate of drug-likeness (QED) is 0.318. The molecule has 5 aliphatic rings. The number of alkyl carbamates (subject to hydrolysis) is 1. The molecule has 4 amide bonds. The van der Waals surface area contributed by atoms with E-state index >= 15 is 0 Å². The van der Waals surface area contributed by atoms with Gasteiger partial charge in [0.05, 0.1) is 30.1 Å². The van der Waals surface area contributed by atoms with Crippen LogP contribution in [0.3, 0.4) is 0 Å². The number of carbonyl (C=O) groups is 4. The van der Waals surface area contributed by atoms with Crippen molar-refractivity contribution in [1.82, 2.24) is 25.2 Å². The maximum atomic E-state index is 14.8. The lowest BCUT2D eigenvalue weighted by Gasteiger charge is -2.35. The molecular weight excluding hydrogens is 793 g/mol. The van der Waals surface area contributed by atoms with E-state index in [1.165, 1.54) is 4.90 Å². The van der Waals surface area contributed by atoms with Crippen LogP contribution in [0.25, 0.3) is 10.8 Å². The van der Waals surface area contributed by atoms with Gasteiger partial charge in [-0.2, -0.15) is 4.98 Å². The van der Waals surface area contributed by atoms with Crippen molar-refractivity contribution in [3.8, 4) is 11.8 Å². The summed E-state index contributed by atoms with van der Waals surface area (Å²) < 4.78 is 80.2. The SMILES string of the molecule is C[C@@H]1O[C@@H](C)CC/C=C\[C@@H]2C[C@@]2(C(=O)NS(=O)(=O)C2(C)CC2)NC(=O)[C@@H]2C[C@@H](Oc3nc4c(c5ccccc35)CCCO4)CN2C(=O)[C@H]1NC(=O)OC(C)(C)C(C)(F)F. The number of rotatable bonds is 8. The molecule has 1 aromatic carbocycles. The summed E-state index contributed by atoms with van der Waals surface area (Å²) in [7, 11) is -4.07. The van der Waals surface area contributed by atoms with Crippen LogP contribution in [0.2, 0.25) is 0 Å². The van der Waals surface area contributed by atoms with Gasteiger partial charge in [-0.25, -0.2) is 22.0 Å². The highest BCUT2D eigenvalue weighted by Crippen LogP contribution is 2.48. The molecule has 1 saturated heterocycles. The number of amides is 4. The average molecular weight is 846 g/mol. The lowest BCUT2D eigenvalue weighted by Crippen LogP contribution is -2.60. The molecule has 3 aliphatic heterocycles. The molecule has 0 radical (unpaired) electrons. The maximum absolute atomic E-state index is 14.8. The number of aromatic nitrogens is 1. The lowest BCUT2D eigenvalue weighted by atomic mass is 10.0. The second-order valence-electron chi connectivity index (χ2n) is 17.4. The van der Waals surface area contributed by atoms with Gasteiger partial charge in [0.25, 0.3) is 11.8 Å². The Morgan fingerprint density at radius 3 is 2.51 bits per heavy atom. The highest BCUT2D eigenvalue weighted by molar-refractivity contribution is 7.91. The second-order valence-corrected chi connectivity index (χ2v) is 19.6. The minimum absolute atomic E-state index is 0.0992. The Morgan fingerprint density at radius 1 is 1.10 bits per heavy atom. The molecule has 2 aromatic rings. The fraction of sp³-hybridized carbons (Fsp3) is 0.634. The summed E-state index contributed by atoms with van der Waals surface area (Å²) >= 11 is 0. The zero-order valence-electron chi connectivity index (χ0n) is 34.1. The van der Waals surface area contributed by atoms with Crippen molar-refractivity contribution in [1.29, 1.82) is 0 Å². The number of nitrogens with one attached hydrogen (secondary N) is 3. The lowest BCUT2D eigenvalue weighted by molar-refractivity contribution is -0.153. The summed E-state index contributed by atoms with van der Waals surface area (Å²) in [6.45, 7) is 7.83. The third kappa shape index (κ3) is 8.43. The van der Waals surface area contributed by atoms with Crippen molar-refractivity contribution in [2.75, 3.05) is 13.2 Å². The van der Waals surface area contributed by atoms with Crippen molar-refractivity contribution >= 4 is 44.6 Å². The van der Waals surface area contributed by atoms with Crippen LogP contribution in [-0.2, 0) is 40.3 Å². The summed E-state index contributed by atoms with van der Waals surface area (Å²) in [4.78, 5) is 62.6. The number of aryl methyl sites for hydroxylation is 1. The molecular formula is C41H53F2N5O10S. The van der Waals surface area contributed by atoms with Gasteiger partial charge in [0.1, 0.15) is 23.7 Å². The predicted molar refractivity (Wildman–Crippen MR) is 210 cm³/mol. The number of fused-ring (bicyclic) bond motifs is 5. The Bertz CT molecular complexity index is 2160. The third-order valence-corrected chi connectivity index (χ3v) is 14.6. The molecule has 3 N–H and O–H groups in total. The number of pyridine rings is 1. The van der Waals surface area contributed by atoms with Crippen molar-refractivity contribution < 1.29 is 55.3 Å². The molecule has 0 unspecified atom stereocenters. The van der Waals surface area contributed by atoms with Gasteiger partial charge >= 0.3 is 6.09 Å². The summed E-state index contributed by atoms with van der Waals surface area (Å²) in [6.07, 6.45) is 3.17. The molecule has 15 nitrogen and oxygen atoms in total. The molecule has 4 heterocycles. The average Bonchev–Trinajstić information content (AvgIpc) is 4.04. The van der Waals surface area contributed by atoms with Crippen molar-refractivity contribution in [2.24, 2.45) is 5.92 Å². The number of benzene rings is 1. The van der Waals surface area contributed by atoms with Crippen LogP contribution in [0.15, 0.2) is 36.4 Å². The minimum atomic E-state index is -4.07. The number of allylic oxidation sites excluding steroid dienone is 1. The van der Waals surface area contributed by atoms with Crippen LogP contribution < -0.4 is 24.8 Å². The second kappa shape index (κ2) is 15.5. The number of hydrogen-bond donors (Lipinski definition) is 3. The van der Waals surface area contributed by atoms with Crippen molar-refractivity contribution in [3.63, 3.8) is 0 Å². The molecule has 0 bridgehead atoms. The fourth-order valence-corrected chi connectivity index (χ4v) is 9.19. The van der Waals surface area contributed by atoms with E-state index in [-0.39, 0.29) is 25.3 Å². The van der Waals surface area contributed by atoms with E-state index < -0.39 is 92.0 Å². The molecule has 7 atom stereocenters. The number of halogens is 2. The predicted octanol–water partition coefficient (Wildman–Crippen LogP) is 4.45. The van der Waals surface area contributed by atoms with Crippen LogP contribution in [0, 0.1) is 5.92 Å². The number of ether oxygens (including phenoxy) is 4. The third-order valence-electron chi connectivity index (χ3n) is 12.4. The zero-order valence-corrected chi connectivity index (χ0v) is 35.0. The van der Waals surface area contributed by atoms with Gasteiger partial charge in [-0.05, 0) is 91.0 Å². The Hall–Kier alpha value is -4.58. The van der Waals surface area contributed by atoms with E-state index in [2.05, 4.69) is 15.4 Å². The molecule has 3 fully saturated rings. The van der Waals surface area contributed by atoms with E-state index in [9.17, 15) is 36.4 Å². The first-order chi connectivity index (χ1) is 27.6. The molecule has 18 heteroatoms. The monoisotopic (exact) mass is 845 g/mol. The van der Waals surface area contributed by atoms with E-state index in [1.807, 2.05) is 30.3 Å². The molecule has 59 heavy (non-hydrogen) atoms. The van der Waals surface area contributed by atoms with Crippen LogP contribution in [0.1, 0.15) is 92.1 Å². The van der Waals surface area contributed by atoms with E-state index in [0.29, 0.717) is 50.5 Å². The molecule has 322 valence electrons. The van der Waals surface area contributed by atoms with Gasteiger partial charge in [0, 0.05) is 30.2 Å². The van der Waals surface area contributed by atoms with Crippen LogP contribution in [0.4, 0.5) is 13.6 Å². The van der Waals surface area contributed by atoms with Gasteiger partial charge in [-0.3, -0.25) is 19.1 Å². The van der Waals surface area contributed by atoms with Gasteiger partial charge in [-0.15, -0.1) is 0 Å². The Kier molecular flexibility index (Phi) is 11.2. The van der Waals surface area contributed by atoms with E-state index in [0.717, 1.165) is 37.6 Å². The van der Waals surface area contributed by atoms with Crippen LogP contribution in [0.5, 0.6) is 11.8 Å². The molecule has 0 spiro atoms. The first kappa shape index (κ1) is 42.5. The summed E-state index contributed by atoms with van der Waals surface area (Å²) in [6, 6.07) is 4.67. The number of carbonyl (C=O) groups excluding carboxylic acids is 4. The first-order valence-corrected chi connectivity index (χ1v) is 21.7. The molecule has 7 rings (SSSR count). The summed E-state index contributed by atoms with van der Waals surface area (Å²) in [5.41, 5.74) is -2.95. The number of sulfonamides is 1. The van der Waals surface area contributed by atoms with Gasteiger partial charge in [0.2, 0.25) is 33.6 Å². The number of alkyl halides is 2. The van der Waals surface area contributed by atoms with E-state index in [4.69, 9.17) is 23.9 Å². The summed E-state index contributed by atoms with van der Waals surface area (Å²) in [5, 5.41) is 6.84. The first-order valence-electron chi connectivity index (χ1n) is 20.2. The van der Waals surface area contributed by atoms with E-state index in [1.54, 1.807) is 26.8 Å². The largest absolute Gasteiger partial charge is 0.477 e. The standard InChI is InChI=1S/C41H53F2N5O10S/c1-23-12-7-8-13-25-21-41(25,36(51)47-59(53,54)39(5)17-18-39)46-32(49)30-20-26(57-34-29-15-10-9-14-27(29)28-16-11-19-55-33(28)45-34)22-48(30)35(50)31(24(2)56-23)44-37(52)58-38(3,4)40(6,42)43/h8-10,13-15,23-26,30-31H,7,11-12,16-22H2,1-6H3,(H,44,52)(H,46,49)(H,47,51)/b13-8-/t23-,24-,25+,26+,30-,31-,41+/m0/s1. The molecule has 2 aliphatic carbocycles. The Labute approximate surface area is 342 Å². The maximum Gasteiger partial charge on any atom is 0.408 e. The summed E-state index contributed by atoms with van der Waals surface area (Å²) in [5.74, 6) is -5.80. The van der Waals surface area contributed by atoms with Crippen LogP contribution >= 0.6 is 0 Å². The zero-order chi connectivity index (χ0) is 42.7. The smallest absolute Gasteiger partial charge is 0.408 e. The fourth-order valence-electron chi connectivity index (χ4n) is 7.88. The number of hydrogen-bond acceptors (Lipinski definition) is 11. The molecule has 1 aromatic heterocycles. The minimum Gasteiger partial charge on any atom is -0.477 e. The van der Waals surface area contributed by atoms with Gasteiger partial charge < -0.3 is 34.5 Å². The topological polar surface area (TPSA) is 192 Å². The normalized spacial score (nSPS) is 30.2. The highest BCUT2D eigenvalue weighted by atomic mass is 32.2. The van der Waals surface area contributed by atoms with Crippen molar-refractivity contribution in [3.05, 3.63) is 42.0 Å².